The quantitative estimate of drug-likeness (QED) is 0.762. The summed E-state index contributed by atoms with van der Waals surface area (Å²) >= 11 is 0. The van der Waals surface area contributed by atoms with Gasteiger partial charge in [0.25, 0.3) is 0 Å². The van der Waals surface area contributed by atoms with Crippen LogP contribution < -0.4 is 25.6 Å². The average Bonchev–Trinajstić information content (AvgIpc) is 2.92. The number of nitrogens with one attached hydrogen (secondary N) is 3. The molecule has 1 aromatic carbocycles. The summed E-state index contributed by atoms with van der Waals surface area (Å²) in [6.45, 7) is 2.72. The Morgan fingerprint density at radius 1 is 1.47 bits per heavy atom. The molecule has 0 fully saturated rings. The summed E-state index contributed by atoms with van der Waals surface area (Å²) in [5, 5.41) is 9.31. The van der Waals surface area contributed by atoms with Gasteiger partial charge in [0.05, 0.1) is 25.4 Å². The van der Waals surface area contributed by atoms with Crippen LogP contribution in [0.3, 0.4) is 0 Å². The fraction of sp³-hybridized carbons (Fsp3) is 0.385. The number of rotatable bonds is 3. The fourth-order valence-corrected chi connectivity index (χ4v) is 2.34. The van der Waals surface area contributed by atoms with Crippen molar-refractivity contribution in [3.05, 3.63) is 29.8 Å². The van der Waals surface area contributed by atoms with E-state index in [1.165, 1.54) is 6.07 Å². The van der Waals surface area contributed by atoms with Crippen molar-refractivity contribution in [2.75, 3.05) is 43.6 Å². The zero-order chi connectivity index (χ0) is 13.2. The van der Waals surface area contributed by atoms with Crippen LogP contribution in [0.4, 0.5) is 15.8 Å². The van der Waals surface area contributed by atoms with Gasteiger partial charge in [-0.3, -0.25) is 0 Å². The van der Waals surface area contributed by atoms with Crippen LogP contribution >= 0.6 is 0 Å². The van der Waals surface area contributed by atoms with Gasteiger partial charge in [-0.1, -0.05) is 0 Å². The van der Waals surface area contributed by atoms with E-state index in [0.29, 0.717) is 12.4 Å². The van der Waals surface area contributed by atoms with Gasteiger partial charge in [-0.15, -0.1) is 0 Å². The molecule has 6 heteroatoms. The van der Waals surface area contributed by atoms with E-state index in [4.69, 9.17) is 4.74 Å². The summed E-state index contributed by atoms with van der Waals surface area (Å²) in [7, 11) is 1.78. The highest BCUT2D eigenvalue weighted by Crippen LogP contribution is 2.37. The Kier molecular flexibility index (Phi) is 3.06. The minimum Gasteiger partial charge on any atom is -0.486 e. The number of benzene rings is 1. The highest BCUT2D eigenvalue weighted by Gasteiger charge is 2.23. The van der Waals surface area contributed by atoms with Gasteiger partial charge >= 0.3 is 0 Å². The minimum atomic E-state index is -0.321. The van der Waals surface area contributed by atoms with Crippen LogP contribution in [0, 0.1) is 5.82 Å². The Hall–Kier alpha value is -2.11. The predicted molar refractivity (Wildman–Crippen MR) is 72.9 cm³/mol. The lowest BCUT2D eigenvalue weighted by molar-refractivity contribution is 0.293. The van der Waals surface area contributed by atoms with Crippen molar-refractivity contribution in [2.45, 2.75) is 0 Å². The van der Waals surface area contributed by atoms with Crippen molar-refractivity contribution in [3.8, 4) is 5.75 Å². The van der Waals surface area contributed by atoms with Crippen molar-refractivity contribution in [1.82, 2.24) is 10.6 Å². The third-order valence-electron chi connectivity index (χ3n) is 3.32. The molecule has 2 heterocycles. The Balaban J connectivity index is 1.91. The van der Waals surface area contributed by atoms with Crippen molar-refractivity contribution < 1.29 is 9.13 Å². The predicted octanol–water partition coefficient (Wildman–Crippen LogP) is 1.06. The highest BCUT2D eigenvalue weighted by molar-refractivity contribution is 5.68. The summed E-state index contributed by atoms with van der Waals surface area (Å²) < 4.78 is 19.4. The van der Waals surface area contributed by atoms with Crippen LogP contribution in [0.15, 0.2) is 24.0 Å². The molecule has 5 nitrogen and oxygen atoms in total. The molecule has 1 aromatic rings. The molecule has 0 atom stereocenters. The first-order valence-corrected chi connectivity index (χ1v) is 6.33. The molecule has 102 valence electrons. The molecular formula is C13H17FN4O. The zero-order valence-electron chi connectivity index (χ0n) is 10.8. The number of hydrogen-bond donors (Lipinski definition) is 3. The standard InChI is InChI=1S/C13H17FN4O/c1-15-9-4-11(14)13-12(5-9)18(2-3-19-13)7-10-6-16-8-17-10/h4-6,15-17H,2-3,7-8H2,1H3. The van der Waals surface area contributed by atoms with Gasteiger partial charge in [0, 0.05) is 30.7 Å². The van der Waals surface area contributed by atoms with E-state index in [0.717, 1.165) is 36.8 Å². The van der Waals surface area contributed by atoms with Crippen LogP contribution in [0.5, 0.6) is 5.75 Å². The zero-order valence-corrected chi connectivity index (χ0v) is 10.8. The number of ether oxygens (including phenoxy) is 1. The minimum absolute atomic E-state index is 0.321. The Labute approximate surface area is 111 Å². The van der Waals surface area contributed by atoms with Crippen LogP contribution in [0.1, 0.15) is 0 Å². The number of halogens is 1. The first-order chi connectivity index (χ1) is 9.28. The van der Waals surface area contributed by atoms with E-state index in [1.807, 2.05) is 12.3 Å². The maximum Gasteiger partial charge on any atom is 0.178 e. The summed E-state index contributed by atoms with van der Waals surface area (Å²) in [5.74, 6) is 0.0230. The Morgan fingerprint density at radius 3 is 3.11 bits per heavy atom. The summed E-state index contributed by atoms with van der Waals surface area (Å²) in [6.07, 6.45) is 1.95. The van der Waals surface area contributed by atoms with Crippen LogP contribution in [0.2, 0.25) is 0 Å². The largest absolute Gasteiger partial charge is 0.486 e. The lowest BCUT2D eigenvalue weighted by Crippen LogP contribution is -2.36. The third kappa shape index (κ3) is 2.25. The molecule has 0 saturated carbocycles. The molecule has 2 aliphatic heterocycles. The second kappa shape index (κ2) is 4.87. The fourth-order valence-electron chi connectivity index (χ4n) is 2.34. The van der Waals surface area contributed by atoms with Crippen molar-refractivity contribution in [1.29, 1.82) is 0 Å². The Bertz CT molecular complexity index is 518. The number of nitrogens with zero attached hydrogens (tertiary/aromatic N) is 1. The van der Waals surface area contributed by atoms with E-state index in [-0.39, 0.29) is 5.82 Å². The van der Waals surface area contributed by atoms with E-state index in [9.17, 15) is 4.39 Å². The van der Waals surface area contributed by atoms with Crippen molar-refractivity contribution in [3.63, 3.8) is 0 Å². The lowest BCUT2D eigenvalue weighted by Gasteiger charge is -2.32. The molecule has 3 rings (SSSR count). The molecule has 0 spiro atoms. The molecule has 3 N–H and O–H groups in total. The molecule has 0 saturated heterocycles. The second-order valence-electron chi connectivity index (χ2n) is 4.55. The summed E-state index contributed by atoms with van der Waals surface area (Å²) in [6, 6.07) is 3.37. The molecule has 0 amide bonds. The van der Waals surface area contributed by atoms with Crippen LogP contribution in [-0.4, -0.2) is 33.4 Å². The topological polar surface area (TPSA) is 48.6 Å². The van der Waals surface area contributed by atoms with E-state index < -0.39 is 0 Å². The monoisotopic (exact) mass is 264 g/mol. The summed E-state index contributed by atoms with van der Waals surface area (Å²) in [5.41, 5.74) is 2.64. The Morgan fingerprint density at radius 2 is 2.37 bits per heavy atom. The second-order valence-corrected chi connectivity index (χ2v) is 4.55. The first kappa shape index (κ1) is 12.0. The van der Waals surface area contributed by atoms with Gasteiger partial charge in [-0.2, -0.15) is 0 Å². The van der Waals surface area contributed by atoms with Gasteiger partial charge in [0.2, 0.25) is 0 Å². The van der Waals surface area contributed by atoms with E-state index in [1.54, 1.807) is 7.05 Å². The molecule has 0 radical (unpaired) electrons. The molecule has 0 aliphatic carbocycles. The van der Waals surface area contributed by atoms with Crippen molar-refractivity contribution in [2.24, 2.45) is 0 Å². The third-order valence-corrected chi connectivity index (χ3v) is 3.32. The normalized spacial score (nSPS) is 16.9. The van der Waals surface area contributed by atoms with Crippen LogP contribution in [-0.2, 0) is 0 Å². The molecule has 2 aliphatic rings. The lowest BCUT2D eigenvalue weighted by atomic mass is 10.2. The van der Waals surface area contributed by atoms with Gasteiger partial charge in [0.15, 0.2) is 11.6 Å². The van der Waals surface area contributed by atoms with Gasteiger partial charge in [-0.25, -0.2) is 4.39 Å². The van der Waals surface area contributed by atoms with Gasteiger partial charge < -0.3 is 25.6 Å². The van der Waals surface area contributed by atoms with Gasteiger partial charge in [0.1, 0.15) is 6.61 Å². The first-order valence-electron chi connectivity index (χ1n) is 6.33. The molecule has 0 unspecified atom stereocenters. The highest BCUT2D eigenvalue weighted by atomic mass is 19.1. The molecule has 0 aromatic heterocycles. The molecule has 0 bridgehead atoms. The number of fused-ring (bicyclic) bond motifs is 1. The van der Waals surface area contributed by atoms with Crippen LogP contribution in [0.25, 0.3) is 0 Å². The van der Waals surface area contributed by atoms with Crippen molar-refractivity contribution >= 4 is 11.4 Å². The SMILES string of the molecule is CNc1cc(F)c2c(c1)N(CC1=CNCN1)CCO2. The number of hydrogen-bond acceptors (Lipinski definition) is 5. The average molecular weight is 264 g/mol. The maximum atomic E-state index is 14.0. The molecule has 19 heavy (non-hydrogen) atoms. The van der Waals surface area contributed by atoms with E-state index >= 15 is 0 Å². The van der Waals surface area contributed by atoms with E-state index in [2.05, 4.69) is 20.9 Å². The van der Waals surface area contributed by atoms with Gasteiger partial charge in [-0.05, 0) is 6.07 Å². The summed E-state index contributed by atoms with van der Waals surface area (Å²) in [4.78, 5) is 2.12. The number of anilines is 2. The molecular weight excluding hydrogens is 247 g/mol. The smallest absolute Gasteiger partial charge is 0.178 e. The maximum absolute atomic E-state index is 14.0.